The van der Waals surface area contributed by atoms with E-state index in [0.29, 0.717) is 6.54 Å². The molecule has 1 aromatic rings. The maximum Gasteiger partial charge on any atom is 0.242 e. The molecule has 4 nitrogen and oxygen atoms in total. The van der Waals surface area contributed by atoms with E-state index in [1.54, 1.807) is 7.11 Å². The molecule has 1 atom stereocenters. The fourth-order valence-corrected chi connectivity index (χ4v) is 2.87. The summed E-state index contributed by atoms with van der Waals surface area (Å²) in [4.78, 5) is 14.7. The average molecular weight is 327 g/mol. The molecular formula is C17H27ClN2O2. The smallest absolute Gasteiger partial charge is 0.242 e. The number of piperidine rings is 1. The number of nitrogens with one attached hydrogen (secondary N) is 1. The van der Waals surface area contributed by atoms with Crippen LogP contribution in [0.1, 0.15) is 38.7 Å². The molecule has 0 bridgehead atoms. The molecule has 1 N–H and O–H groups in total. The maximum atomic E-state index is 12.8. The maximum absolute atomic E-state index is 12.8. The summed E-state index contributed by atoms with van der Waals surface area (Å²) in [5.41, 5.74) is 0.728. The third-order valence-electron chi connectivity index (χ3n) is 4.29. The van der Waals surface area contributed by atoms with Gasteiger partial charge in [0.2, 0.25) is 5.91 Å². The van der Waals surface area contributed by atoms with Gasteiger partial charge in [-0.15, -0.1) is 12.4 Å². The lowest BCUT2D eigenvalue weighted by Crippen LogP contribution is -2.57. The molecule has 1 amide bonds. The summed E-state index contributed by atoms with van der Waals surface area (Å²) >= 11 is 0. The second kappa shape index (κ2) is 8.39. The predicted octanol–water partition coefficient (Wildman–Crippen LogP) is 3.00. The molecule has 0 saturated carbocycles. The molecule has 22 heavy (non-hydrogen) atoms. The number of carbonyl (C=O) groups is 1. The molecule has 0 radical (unpaired) electrons. The molecule has 2 rings (SSSR count). The van der Waals surface area contributed by atoms with Crippen molar-refractivity contribution < 1.29 is 9.53 Å². The molecule has 0 spiro atoms. The van der Waals surface area contributed by atoms with Gasteiger partial charge >= 0.3 is 0 Å². The van der Waals surface area contributed by atoms with Gasteiger partial charge in [-0.05, 0) is 57.4 Å². The van der Waals surface area contributed by atoms with E-state index in [2.05, 4.69) is 5.32 Å². The van der Waals surface area contributed by atoms with Crippen LogP contribution in [0.4, 0.5) is 0 Å². The van der Waals surface area contributed by atoms with Crippen molar-refractivity contribution in [3.63, 3.8) is 0 Å². The number of nitrogens with zero attached hydrogens (tertiary/aromatic N) is 1. The first-order chi connectivity index (χ1) is 10.1. The van der Waals surface area contributed by atoms with Gasteiger partial charge in [0.1, 0.15) is 5.75 Å². The first-order valence-corrected chi connectivity index (χ1v) is 7.76. The highest BCUT2D eigenvalue weighted by atomic mass is 35.5. The van der Waals surface area contributed by atoms with Crippen molar-refractivity contribution in [2.75, 3.05) is 20.2 Å². The first kappa shape index (κ1) is 18.8. The van der Waals surface area contributed by atoms with Crippen molar-refractivity contribution in [3.8, 4) is 5.75 Å². The Labute approximate surface area is 139 Å². The van der Waals surface area contributed by atoms with Crippen LogP contribution in [-0.2, 0) is 11.3 Å². The number of carbonyl (C=O) groups excluding carboxylic acids is 1. The van der Waals surface area contributed by atoms with E-state index in [1.165, 1.54) is 0 Å². The Bertz CT molecular complexity index is 470. The molecule has 0 aliphatic carbocycles. The SMILES string of the molecule is CCN(Cc1ccc(OC)cc1)C(=O)C1(C)CCCCN1.Cl. The number of halogens is 1. The van der Waals surface area contributed by atoms with E-state index in [-0.39, 0.29) is 18.3 Å². The Morgan fingerprint density at radius 1 is 1.32 bits per heavy atom. The van der Waals surface area contributed by atoms with Crippen molar-refractivity contribution in [1.29, 1.82) is 0 Å². The second-order valence-corrected chi connectivity index (χ2v) is 5.88. The molecule has 1 unspecified atom stereocenters. The second-order valence-electron chi connectivity index (χ2n) is 5.88. The van der Waals surface area contributed by atoms with Crippen molar-refractivity contribution in [1.82, 2.24) is 10.2 Å². The molecule has 1 heterocycles. The van der Waals surface area contributed by atoms with Gasteiger partial charge in [-0.25, -0.2) is 0 Å². The van der Waals surface area contributed by atoms with Gasteiger partial charge in [0, 0.05) is 13.1 Å². The Morgan fingerprint density at radius 2 is 2.00 bits per heavy atom. The lowest BCUT2D eigenvalue weighted by atomic mass is 9.89. The quantitative estimate of drug-likeness (QED) is 0.904. The van der Waals surface area contributed by atoms with Crippen LogP contribution in [0.5, 0.6) is 5.75 Å². The minimum Gasteiger partial charge on any atom is -0.497 e. The number of hydrogen-bond acceptors (Lipinski definition) is 3. The zero-order chi connectivity index (χ0) is 15.3. The summed E-state index contributed by atoms with van der Waals surface area (Å²) in [6.07, 6.45) is 3.20. The fourth-order valence-electron chi connectivity index (χ4n) is 2.87. The first-order valence-electron chi connectivity index (χ1n) is 7.76. The van der Waals surface area contributed by atoms with Gasteiger partial charge < -0.3 is 15.0 Å². The van der Waals surface area contributed by atoms with Crippen LogP contribution in [0.2, 0.25) is 0 Å². The van der Waals surface area contributed by atoms with Gasteiger partial charge in [0.25, 0.3) is 0 Å². The molecule has 1 aliphatic rings. The van der Waals surface area contributed by atoms with Gasteiger partial charge in [-0.2, -0.15) is 0 Å². The summed E-state index contributed by atoms with van der Waals surface area (Å²) in [7, 11) is 1.66. The third-order valence-corrected chi connectivity index (χ3v) is 4.29. The van der Waals surface area contributed by atoms with Gasteiger partial charge in [-0.3, -0.25) is 4.79 Å². The number of amides is 1. The number of likely N-dealkylation sites (N-methyl/N-ethyl adjacent to an activating group) is 1. The van der Waals surface area contributed by atoms with Crippen LogP contribution in [0.3, 0.4) is 0 Å². The average Bonchev–Trinajstić information content (AvgIpc) is 2.53. The van der Waals surface area contributed by atoms with Crippen LogP contribution in [0.15, 0.2) is 24.3 Å². The molecule has 1 fully saturated rings. The van der Waals surface area contributed by atoms with Crippen LogP contribution in [0.25, 0.3) is 0 Å². The van der Waals surface area contributed by atoms with E-state index in [9.17, 15) is 4.79 Å². The monoisotopic (exact) mass is 326 g/mol. The zero-order valence-electron chi connectivity index (χ0n) is 13.7. The van der Waals surface area contributed by atoms with Crippen LogP contribution >= 0.6 is 12.4 Å². The van der Waals surface area contributed by atoms with Crippen molar-refractivity contribution in [2.45, 2.75) is 45.2 Å². The molecule has 1 saturated heterocycles. The molecule has 1 aromatic carbocycles. The number of ether oxygens (including phenoxy) is 1. The topological polar surface area (TPSA) is 41.6 Å². The number of methoxy groups -OCH3 is 1. The summed E-state index contributed by atoms with van der Waals surface area (Å²) in [5, 5.41) is 3.40. The predicted molar refractivity (Wildman–Crippen MR) is 91.6 cm³/mol. The van der Waals surface area contributed by atoms with Gasteiger partial charge in [0.15, 0.2) is 0 Å². The lowest BCUT2D eigenvalue weighted by Gasteiger charge is -2.37. The minimum atomic E-state index is -0.402. The number of benzene rings is 1. The Morgan fingerprint density at radius 3 is 2.50 bits per heavy atom. The summed E-state index contributed by atoms with van der Waals surface area (Å²) in [6.45, 7) is 6.37. The summed E-state index contributed by atoms with van der Waals surface area (Å²) < 4.78 is 5.17. The Hall–Kier alpha value is -1.26. The molecule has 1 aliphatic heterocycles. The lowest BCUT2D eigenvalue weighted by molar-refractivity contribution is -0.139. The van der Waals surface area contributed by atoms with E-state index < -0.39 is 5.54 Å². The van der Waals surface area contributed by atoms with E-state index in [0.717, 1.165) is 43.7 Å². The molecule has 5 heteroatoms. The normalized spacial score (nSPS) is 20.9. The van der Waals surface area contributed by atoms with Crippen LogP contribution in [0, 0.1) is 0 Å². The Balaban J connectivity index is 0.00000242. The van der Waals surface area contributed by atoms with E-state index in [4.69, 9.17) is 4.74 Å². The van der Waals surface area contributed by atoms with Crippen molar-refractivity contribution in [2.24, 2.45) is 0 Å². The van der Waals surface area contributed by atoms with Crippen molar-refractivity contribution in [3.05, 3.63) is 29.8 Å². The largest absolute Gasteiger partial charge is 0.497 e. The van der Waals surface area contributed by atoms with Gasteiger partial charge in [0.05, 0.1) is 12.6 Å². The van der Waals surface area contributed by atoms with Crippen molar-refractivity contribution >= 4 is 18.3 Å². The van der Waals surface area contributed by atoms with E-state index in [1.807, 2.05) is 43.0 Å². The number of rotatable bonds is 5. The summed E-state index contributed by atoms with van der Waals surface area (Å²) in [5.74, 6) is 1.05. The minimum absolute atomic E-state index is 0. The van der Waals surface area contributed by atoms with E-state index >= 15 is 0 Å². The van der Waals surface area contributed by atoms with Crippen LogP contribution < -0.4 is 10.1 Å². The molecule has 0 aromatic heterocycles. The number of hydrogen-bond donors (Lipinski definition) is 1. The summed E-state index contributed by atoms with van der Waals surface area (Å²) in [6, 6.07) is 7.92. The van der Waals surface area contributed by atoms with Crippen LogP contribution in [-0.4, -0.2) is 36.5 Å². The third kappa shape index (κ3) is 4.37. The standard InChI is InChI=1S/C17H26N2O2.ClH/c1-4-19(13-14-7-9-15(21-3)10-8-14)16(20)17(2)11-5-6-12-18-17;/h7-10,18H,4-6,11-13H2,1-3H3;1H. The van der Waals surface area contributed by atoms with Gasteiger partial charge in [-0.1, -0.05) is 12.1 Å². The highest BCUT2D eigenvalue weighted by Crippen LogP contribution is 2.22. The highest BCUT2D eigenvalue weighted by Gasteiger charge is 2.36. The fraction of sp³-hybridized carbons (Fsp3) is 0.588. The highest BCUT2D eigenvalue weighted by molar-refractivity contribution is 5.86. The molecular weight excluding hydrogens is 300 g/mol. The zero-order valence-corrected chi connectivity index (χ0v) is 14.5. The molecule has 124 valence electrons. The Kier molecular flexibility index (Phi) is 7.17.